The standard InChI is InChI=1S/C17H23NOS/c1-5-19-16-9-7-15(8-10-16)13(3)18-14(4)17-11-6-12(2)20-17/h6-11,13-14,18H,5H2,1-4H3. The number of ether oxygens (including phenoxy) is 1. The van der Waals surface area contributed by atoms with Gasteiger partial charge in [-0.25, -0.2) is 0 Å². The van der Waals surface area contributed by atoms with Crippen LogP contribution in [0.2, 0.25) is 0 Å². The highest BCUT2D eigenvalue weighted by atomic mass is 32.1. The van der Waals surface area contributed by atoms with Crippen molar-refractivity contribution in [2.75, 3.05) is 6.61 Å². The van der Waals surface area contributed by atoms with Crippen molar-refractivity contribution in [2.24, 2.45) is 0 Å². The van der Waals surface area contributed by atoms with E-state index in [4.69, 9.17) is 4.74 Å². The molecule has 2 unspecified atom stereocenters. The van der Waals surface area contributed by atoms with Gasteiger partial charge in [-0.05, 0) is 57.5 Å². The quantitative estimate of drug-likeness (QED) is 0.819. The lowest BCUT2D eigenvalue weighted by molar-refractivity contribution is 0.340. The fraction of sp³-hybridized carbons (Fsp3) is 0.412. The van der Waals surface area contributed by atoms with E-state index < -0.39 is 0 Å². The molecule has 2 aromatic rings. The Morgan fingerprint density at radius 1 is 1.05 bits per heavy atom. The number of benzene rings is 1. The van der Waals surface area contributed by atoms with E-state index in [9.17, 15) is 0 Å². The Balaban J connectivity index is 1.98. The van der Waals surface area contributed by atoms with Gasteiger partial charge in [-0.15, -0.1) is 11.3 Å². The fourth-order valence-corrected chi connectivity index (χ4v) is 3.15. The van der Waals surface area contributed by atoms with Crippen molar-refractivity contribution in [1.82, 2.24) is 5.32 Å². The molecule has 2 nitrogen and oxygen atoms in total. The summed E-state index contributed by atoms with van der Waals surface area (Å²) in [4.78, 5) is 2.75. The van der Waals surface area contributed by atoms with Crippen LogP contribution in [0.1, 0.15) is 48.2 Å². The van der Waals surface area contributed by atoms with Crippen LogP contribution in [0.4, 0.5) is 0 Å². The van der Waals surface area contributed by atoms with E-state index in [0.717, 1.165) is 5.75 Å². The summed E-state index contributed by atoms with van der Waals surface area (Å²) in [7, 11) is 0. The molecule has 2 rings (SSSR count). The predicted octanol–water partition coefficient (Wildman–Crippen LogP) is 4.87. The normalized spacial score (nSPS) is 14.0. The minimum absolute atomic E-state index is 0.322. The molecule has 1 heterocycles. The van der Waals surface area contributed by atoms with Gasteiger partial charge in [0.2, 0.25) is 0 Å². The van der Waals surface area contributed by atoms with Crippen LogP contribution in [0.5, 0.6) is 5.75 Å². The van der Waals surface area contributed by atoms with Crippen molar-refractivity contribution < 1.29 is 4.74 Å². The molecule has 2 atom stereocenters. The molecule has 0 spiro atoms. The van der Waals surface area contributed by atoms with E-state index in [1.54, 1.807) is 0 Å². The summed E-state index contributed by atoms with van der Waals surface area (Å²) in [6.07, 6.45) is 0. The zero-order valence-corrected chi connectivity index (χ0v) is 13.5. The number of hydrogen-bond acceptors (Lipinski definition) is 3. The van der Waals surface area contributed by atoms with Crippen LogP contribution < -0.4 is 10.1 Å². The fourth-order valence-electron chi connectivity index (χ4n) is 2.26. The van der Waals surface area contributed by atoms with E-state index >= 15 is 0 Å². The molecule has 20 heavy (non-hydrogen) atoms. The second-order valence-electron chi connectivity index (χ2n) is 5.06. The number of rotatable bonds is 6. The van der Waals surface area contributed by atoms with Gasteiger partial charge < -0.3 is 10.1 Å². The zero-order valence-electron chi connectivity index (χ0n) is 12.6. The zero-order chi connectivity index (χ0) is 14.5. The average Bonchev–Trinajstić information content (AvgIpc) is 2.86. The van der Waals surface area contributed by atoms with Crippen LogP contribution >= 0.6 is 11.3 Å². The molecule has 3 heteroatoms. The molecule has 108 valence electrons. The van der Waals surface area contributed by atoms with Crippen molar-refractivity contribution >= 4 is 11.3 Å². The van der Waals surface area contributed by atoms with Gasteiger partial charge in [0.05, 0.1) is 6.61 Å². The van der Waals surface area contributed by atoms with Crippen LogP contribution in [-0.4, -0.2) is 6.61 Å². The van der Waals surface area contributed by atoms with Gasteiger partial charge in [-0.1, -0.05) is 12.1 Å². The molecule has 0 amide bonds. The summed E-state index contributed by atoms with van der Waals surface area (Å²) >= 11 is 1.86. The topological polar surface area (TPSA) is 21.3 Å². The third-order valence-electron chi connectivity index (χ3n) is 3.38. The van der Waals surface area contributed by atoms with Crippen molar-refractivity contribution in [2.45, 2.75) is 39.8 Å². The largest absolute Gasteiger partial charge is 0.494 e. The van der Waals surface area contributed by atoms with E-state index in [0.29, 0.717) is 18.7 Å². The van der Waals surface area contributed by atoms with Crippen LogP contribution in [0.3, 0.4) is 0 Å². The number of aryl methyl sites for hydroxylation is 1. The highest BCUT2D eigenvalue weighted by Crippen LogP contribution is 2.25. The minimum atomic E-state index is 0.322. The van der Waals surface area contributed by atoms with Crippen LogP contribution in [0.15, 0.2) is 36.4 Å². The maximum atomic E-state index is 5.48. The van der Waals surface area contributed by atoms with Crippen molar-refractivity contribution in [1.29, 1.82) is 0 Å². The van der Waals surface area contributed by atoms with Crippen LogP contribution in [-0.2, 0) is 0 Å². The molecule has 1 aromatic carbocycles. The van der Waals surface area contributed by atoms with Crippen molar-refractivity contribution in [3.63, 3.8) is 0 Å². The Bertz CT molecular complexity index is 532. The molecule has 0 saturated carbocycles. The van der Waals surface area contributed by atoms with Crippen LogP contribution in [0.25, 0.3) is 0 Å². The van der Waals surface area contributed by atoms with Gasteiger partial charge >= 0.3 is 0 Å². The molecule has 0 aliphatic heterocycles. The first kappa shape index (κ1) is 15.1. The highest BCUT2D eigenvalue weighted by Gasteiger charge is 2.12. The van der Waals surface area contributed by atoms with Gasteiger partial charge in [0.1, 0.15) is 5.75 Å². The summed E-state index contributed by atoms with van der Waals surface area (Å²) in [6.45, 7) is 9.28. The molecule has 0 saturated heterocycles. The van der Waals surface area contributed by atoms with Gasteiger partial charge in [0, 0.05) is 21.8 Å². The second kappa shape index (κ2) is 6.91. The maximum absolute atomic E-state index is 5.48. The maximum Gasteiger partial charge on any atom is 0.119 e. The lowest BCUT2D eigenvalue weighted by atomic mass is 10.1. The predicted molar refractivity (Wildman–Crippen MR) is 86.6 cm³/mol. The Morgan fingerprint density at radius 3 is 2.30 bits per heavy atom. The third kappa shape index (κ3) is 3.84. The van der Waals surface area contributed by atoms with E-state index in [1.807, 2.05) is 30.4 Å². The average molecular weight is 289 g/mol. The van der Waals surface area contributed by atoms with E-state index in [2.05, 4.69) is 50.4 Å². The summed E-state index contributed by atoms with van der Waals surface area (Å²) < 4.78 is 5.48. The molecule has 1 aromatic heterocycles. The summed E-state index contributed by atoms with van der Waals surface area (Å²) in [6, 6.07) is 13.4. The van der Waals surface area contributed by atoms with Gasteiger partial charge in [0.15, 0.2) is 0 Å². The number of nitrogens with one attached hydrogen (secondary N) is 1. The summed E-state index contributed by atoms with van der Waals surface area (Å²) in [5.41, 5.74) is 1.29. The highest BCUT2D eigenvalue weighted by molar-refractivity contribution is 7.12. The van der Waals surface area contributed by atoms with Crippen molar-refractivity contribution in [3.05, 3.63) is 51.7 Å². The lowest BCUT2D eigenvalue weighted by Gasteiger charge is -2.20. The molecular weight excluding hydrogens is 266 g/mol. The van der Waals surface area contributed by atoms with Gasteiger partial charge in [-0.3, -0.25) is 0 Å². The first-order valence-electron chi connectivity index (χ1n) is 7.15. The van der Waals surface area contributed by atoms with Gasteiger partial charge in [0.25, 0.3) is 0 Å². The molecule has 0 aliphatic rings. The Kier molecular flexibility index (Phi) is 5.21. The van der Waals surface area contributed by atoms with Crippen molar-refractivity contribution in [3.8, 4) is 5.75 Å². The number of thiophene rings is 1. The Morgan fingerprint density at radius 2 is 1.75 bits per heavy atom. The lowest BCUT2D eigenvalue weighted by Crippen LogP contribution is -2.21. The third-order valence-corrected chi connectivity index (χ3v) is 4.56. The first-order chi connectivity index (χ1) is 9.60. The summed E-state index contributed by atoms with van der Waals surface area (Å²) in [5.74, 6) is 0.936. The smallest absolute Gasteiger partial charge is 0.119 e. The number of hydrogen-bond donors (Lipinski definition) is 1. The van der Waals surface area contributed by atoms with Crippen LogP contribution in [0, 0.1) is 6.92 Å². The second-order valence-corrected chi connectivity index (χ2v) is 6.38. The molecule has 1 N–H and O–H groups in total. The Labute approximate surface area is 125 Å². The molecule has 0 fully saturated rings. The first-order valence-corrected chi connectivity index (χ1v) is 7.97. The summed E-state index contributed by atoms with van der Waals surface area (Å²) in [5, 5.41) is 3.65. The molecular formula is C17H23NOS. The SMILES string of the molecule is CCOc1ccc(C(C)NC(C)c2ccc(C)s2)cc1. The van der Waals surface area contributed by atoms with Gasteiger partial charge in [-0.2, -0.15) is 0 Å². The van der Waals surface area contributed by atoms with E-state index in [-0.39, 0.29) is 0 Å². The van der Waals surface area contributed by atoms with E-state index in [1.165, 1.54) is 15.3 Å². The minimum Gasteiger partial charge on any atom is -0.494 e. The molecule has 0 aliphatic carbocycles. The monoisotopic (exact) mass is 289 g/mol. The molecule has 0 bridgehead atoms. The molecule has 0 radical (unpaired) electrons. The Hall–Kier alpha value is -1.32.